The van der Waals surface area contributed by atoms with Crippen molar-refractivity contribution in [3.8, 4) is 0 Å². The normalized spacial score (nSPS) is 28.3. The molecule has 0 radical (unpaired) electrons. The SMILES string of the molecule is COC(=O)[C@]12C[C@@H]1c1cc(C(F)(F)F)ccc1CN2. The summed E-state index contributed by atoms with van der Waals surface area (Å²) in [7, 11) is 1.29. The third-order valence-corrected chi connectivity index (χ3v) is 3.95. The third kappa shape index (κ3) is 1.74. The minimum absolute atomic E-state index is 0.217. The first-order chi connectivity index (χ1) is 8.88. The molecule has 0 bridgehead atoms. The van der Waals surface area contributed by atoms with Crippen molar-refractivity contribution >= 4 is 5.97 Å². The van der Waals surface area contributed by atoms with Gasteiger partial charge in [0.05, 0.1) is 12.7 Å². The van der Waals surface area contributed by atoms with Gasteiger partial charge in [-0.25, -0.2) is 0 Å². The number of carbonyl (C=O) groups excluding carboxylic acids is 1. The minimum Gasteiger partial charge on any atom is -0.468 e. The predicted molar refractivity (Wildman–Crippen MR) is 60.4 cm³/mol. The van der Waals surface area contributed by atoms with Crippen molar-refractivity contribution in [1.82, 2.24) is 5.32 Å². The average Bonchev–Trinajstić information content (AvgIpc) is 3.12. The van der Waals surface area contributed by atoms with Gasteiger partial charge >= 0.3 is 12.1 Å². The van der Waals surface area contributed by atoms with E-state index in [1.807, 2.05) is 0 Å². The predicted octanol–water partition coefficient (Wildman–Crippen LogP) is 2.21. The number of benzene rings is 1. The van der Waals surface area contributed by atoms with E-state index in [1.165, 1.54) is 13.2 Å². The van der Waals surface area contributed by atoms with Crippen LogP contribution in [0.25, 0.3) is 0 Å². The Bertz CT molecular complexity index is 555. The summed E-state index contributed by atoms with van der Waals surface area (Å²) in [5, 5.41) is 3.08. The van der Waals surface area contributed by atoms with E-state index >= 15 is 0 Å². The van der Waals surface area contributed by atoms with Crippen LogP contribution in [0.15, 0.2) is 18.2 Å². The van der Waals surface area contributed by atoms with Crippen LogP contribution < -0.4 is 5.32 Å². The van der Waals surface area contributed by atoms with Crippen LogP contribution in [-0.2, 0) is 22.3 Å². The van der Waals surface area contributed by atoms with E-state index in [2.05, 4.69) is 5.32 Å². The lowest BCUT2D eigenvalue weighted by atomic mass is 9.94. The number of hydrogen-bond acceptors (Lipinski definition) is 3. The highest BCUT2D eigenvalue weighted by atomic mass is 19.4. The van der Waals surface area contributed by atoms with E-state index in [4.69, 9.17) is 4.74 Å². The van der Waals surface area contributed by atoms with E-state index in [0.717, 1.165) is 17.7 Å². The van der Waals surface area contributed by atoms with E-state index in [-0.39, 0.29) is 5.92 Å². The van der Waals surface area contributed by atoms with Crippen LogP contribution >= 0.6 is 0 Å². The van der Waals surface area contributed by atoms with Gasteiger partial charge in [-0.05, 0) is 29.7 Å². The first-order valence-corrected chi connectivity index (χ1v) is 5.92. The molecular formula is C13H12F3NO2. The van der Waals surface area contributed by atoms with Crippen molar-refractivity contribution in [2.75, 3.05) is 7.11 Å². The van der Waals surface area contributed by atoms with Gasteiger partial charge in [-0.2, -0.15) is 13.2 Å². The van der Waals surface area contributed by atoms with E-state index < -0.39 is 23.2 Å². The van der Waals surface area contributed by atoms with E-state index in [9.17, 15) is 18.0 Å². The summed E-state index contributed by atoms with van der Waals surface area (Å²) in [5.74, 6) is -0.619. The fourth-order valence-electron chi connectivity index (χ4n) is 2.82. The maximum absolute atomic E-state index is 12.7. The van der Waals surface area contributed by atoms with Crippen LogP contribution in [0.3, 0.4) is 0 Å². The van der Waals surface area contributed by atoms with E-state index in [0.29, 0.717) is 18.5 Å². The first-order valence-electron chi connectivity index (χ1n) is 5.92. The highest BCUT2D eigenvalue weighted by molar-refractivity contribution is 5.87. The molecule has 0 saturated heterocycles. The molecule has 0 amide bonds. The number of methoxy groups -OCH3 is 1. The number of rotatable bonds is 1. The summed E-state index contributed by atoms with van der Waals surface area (Å²) < 4.78 is 42.9. The Labute approximate surface area is 107 Å². The van der Waals surface area contributed by atoms with Crippen molar-refractivity contribution in [2.24, 2.45) is 0 Å². The number of halogens is 3. The quantitative estimate of drug-likeness (QED) is 0.796. The number of nitrogens with one attached hydrogen (secondary N) is 1. The van der Waals surface area contributed by atoms with Crippen molar-refractivity contribution in [2.45, 2.75) is 30.6 Å². The summed E-state index contributed by atoms with van der Waals surface area (Å²) in [6.45, 7) is 0.388. The zero-order valence-electron chi connectivity index (χ0n) is 10.2. The standard InChI is InChI=1S/C13H12F3NO2/c1-19-11(18)12-5-10(12)9-4-8(13(14,15)16)3-2-7(9)6-17-12/h2-4,10,17H,5-6H2,1H3/t10-,12+/m1/s1. The lowest BCUT2D eigenvalue weighted by Gasteiger charge is -2.24. The Morgan fingerprint density at radius 2 is 2.21 bits per heavy atom. The maximum Gasteiger partial charge on any atom is 0.416 e. The molecule has 1 aliphatic carbocycles. The Hall–Kier alpha value is -1.56. The van der Waals surface area contributed by atoms with E-state index in [1.54, 1.807) is 0 Å². The van der Waals surface area contributed by atoms with Gasteiger partial charge < -0.3 is 4.74 Å². The second kappa shape index (κ2) is 3.72. The molecule has 3 nitrogen and oxygen atoms in total. The number of carbonyl (C=O) groups is 1. The zero-order valence-corrected chi connectivity index (χ0v) is 10.2. The van der Waals surface area contributed by atoms with Crippen molar-refractivity contribution in [3.05, 3.63) is 34.9 Å². The molecule has 102 valence electrons. The van der Waals surface area contributed by atoms with Gasteiger partial charge in [-0.1, -0.05) is 6.07 Å². The highest BCUT2D eigenvalue weighted by Crippen LogP contribution is 2.56. The summed E-state index contributed by atoms with van der Waals surface area (Å²) in [5.41, 5.74) is -0.0563. The molecule has 2 aliphatic rings. The van der Waals surface area contributed by atoms with Crippen LogP contribution in [0.2, 0.25) is 0 Å². The summed E-state index contributed by atoms with van der Waals surface area (Å²) >= 11 is 0. The molecule has 6 heteroatoms. The van der Waals surface area contributed by atoms with Gasteiger partial charge in [-0.15, -0.1) is 0 Å². The Morgan fingerprint density at radius 3 is 2.84 bits per heavy atom. The molecule has 2 atom stereocenters. The molecule has 0 spiro atoms. The van der Waals surface area contributed by atoms with Crippen molar-refractivity contribution in [3.63, 3.8) is 0 Å². The molecule has 1 aromatic carbocycles. The van der Waals surface area contributed by atoms with Crippen molar-refractivity contribution in [1.29, 1.82) is 0 Å². The summed E-state index contributed by atoms with van der Waals surface area (Å²) in [4.78, 5) is 11.7. The lowest BCUT2D eigenvalue weighted by Crippen LogP contribution is -2.43. The van der Waals surface area contributed by atoms with Crippen LogP contribution in [0, 0.1) is 0 Å². The molecule has 1 fully saturated rings. The number of ether oxygens (including phenoxy) is 1. The Morgan fingerprint density at radius 1 is 1.47 bits per heavy atom. The van der Waals surface area contributed by atoms with Gasteiger partial charge in [0.1, 0.15) is 5.54 Å². The zero-order chi connectivity index (χ0) is 13.8. The summed E-state index contributed by atoms with van der Waals surface area (Å²) in [6, 6.07) is 3.71. The molecule has 19 heavy (non-hydrogen) atoms. The van der Waals surface area contributed by atoms with Gasteiger partial charge in [0.2, 0.25) is 0 Å². The van der Waals surface area contributed by atoms with Gasteiger partial charge in [0.15, 0.2) is 0 Å². The topological polar surface area (TPSA) is 38.3 Å². The highest BCUT2D eigenvalue weighted by Gasteiger charge is 2.63. The largest absolute Gasteiger partial charge is 0.468 e. The van der Waals surface area contributed by atoms with Gasteiger partial charge in [0.25, 0.3) is 0 Å². The van der Waals surface area contributed by atoms with Crippen LogP contribution in [-0.4, -0.2) is 18.6 Å². The fraction of sp³-hybridized carbons (Fsp3) is 0.462. The van der Waals surface area contributed by atoms with Crippen LogP contribution in [0.5, 0.6) is 0 Å². The van der Waals surface area contributed by atoms with Crippen molar-refractivity contribution < 1.29 is 22.7 Å². The lowest BCUT2D eigenvalue weighted by molar-refractivity contribution is -0.144. The molecular weight excluding hydrogens is 259 g/mol. The Balaban J connectivity index is 1.99. The number of hydrogen-bond donors (Lipinski definition) is 1. The van der Waals surface area contributed by atoms with Gasteiger partial charge in [0, 0.05) is 12.5 Å². The maximum atomic E-state index is 12.7. The van der Waals surface area contributed by atoms with Crippen LogP contribution in [0.4, 0.5) is 13.2 Å². The fourth-order valence-corrected chi connectivity index (χ4v) is 2.82. The molecule has 0 unspecified atom stereocenters. The second-order valence-corrected chi connectivity index (χ2v) is 4.98. The number of esters is 1. The number of alkyl halides is 3. The monoisotopic (exact) mass is 271 g/mol. The minimum atomic E-state index is -4.36. The molecule has 0 aromatic heterocycles. The molecule has 1 N–H and O–H groups in total. The third-order valence-electron chi connectivity index (χ3n) is 3.95. The smallest absolute Gasteiger partial charge is 0.416 e. The molecule has 1 heterocycles. The Kier molecular flexibility index (Phi) is 2.44. The molecule has 1 aromatic rings. The van der Waals surface area contributed by atoms with Crippen LogP contribution in [0.1, 0.15) is 29.0 Å². The molecule has 1 saturated carbocycles. The number of fused-ring (bicyclic) bond motifs is 3. The second-order valence-electron chi connectivity index (χ2n) is 4.98. The first kappa shape index (κ1) is 12.5. The molecule has 1 aliphatic heterocycles. The summed E-state index contributed by atoms with van der Waals surface area (Å²) in [6.07, 6.45) is -3.86. The van der Waals surface area contributed by atoms with Gasteiger partial charge in [-0.3, -0.25) is 10.1 Å². The average molecular weight is 271 g/mol. The molecule has 3 rings (SSSR count).